The van der Waals surface area contributed by atoms with E-state index < -0.39 is 17.6 Å². The molecule has 0 aliphatic rings. The van der Waals surface area contributed by atoms with Crippen LogP contribution in [0.15, 0.2) is 0 Å². The fourth-order valence-corrected chi connectivity index (χ4v) is 5.47. The van der Waals surface area contributed by atoms with Gasteiger partial charge in [-0.25, -0.2) is 0 Å². The highest BCUT2D eigenvalue weighted by atomic mass is 28.4. The van der Waals surface area contributed by atoms with Crippen LogP contribution in [-0.4, -0.2) is 57.3 Å². The molecule has 0 heterocycles. The van der Waals surface area contributed by atoms with Gasteiger partial charge in [0.2, 0.25) is 0 Å². The van der Waals surface area contributed by atoms with E-state index in [0.717, 1.165) is 0 Å². The summed E-state index contributed by atoms with van der Waals surface area (Å²) in [6, 6.07) is 0. The zero-order valence-electron chi connectivity index (χ0n) is 15.7. The smallest absolute Gasteiger partial charge is 0.374 e. The minimum absolute atomic E-state index is 0.655. The lowest BCUT2D eigenvalue weighted by atomic mass is 10.9. The molecule has 0 aromatic heterocycles. The van der Waals surface area contributed by atoms with Crippen molar-refractivity contribution in [2.24, 2.45) is 0 Å². The Morgan fingerprint density at radius 3 is 0.636 bits per heavy atom. The highest BCUT2D eigenvalue weighted by Gasteiger charge is 2.33. The van der Waals surface area contributed by atoms with Crippen molar-refractivity contribution in [2.75, 3.05) is 39.6 Å². The van der Waals surface area contributed by atoms with Crippen LogP contribution in [0, 0.1) is 0 Å². The third kappa shape index (κ3) is 12.7. The predicted molar refractivity (Wildman–Crippen MR) is 93.0 cm³/mol. The first-order valence-corrected chi connectivity index (χ1v) is 12.6. The monoisotopic (exact) mass is 356 g/mol. The topological polar surface area (TPSA) is 55.4 Å². The first kappa shape index (κ1) is 24.4. The average Bonchev–Trinajstić information content (AvgIpc) is 2.40. The number of hydrogen-bond acceptors (Lipinski definition) is 6. The van der Waals surface area contributed by atoms with E-state index in [1.54, 1.807) is 0 Å². The molecule has 0 fully saturated rings. The summed E-state index contributed by atoms with van der Waals surface area (Å²) < 4.78 is 32.4. The maximum Gasteiger partial charge on any atom is 0.497 e. The molecule has 22 heavy (non-hydrogen) atoms. The Morgan fingerprint density at radius 1 is 0.409 bits per heavy atom. The quantitative estimate of drug-likeness (QED) is 0.500. The molecule has 0 unspecified atom stereocenters. The molecule has 0 saturated heterocycles. The fraction of sp³-hybridized carbons (Fsp3) is 1.00. The summed E-state index contributed by atoms with van der Waals surface area (Å²) >= 11 is 0. The van der Waals surface area contributed by atoms with E-state index in [-0.39, 0.29) is 0 Å². The lowest BCUT2D eigenvalue weighted by molar-refractivity contribution is 0.0774. The minimum atomic E-state index is -2.25. The van der Waals surface area contributed by atoms with E-state index >= 15 is 0 Å². The summed E-state index contributed by atoms with van der Waals surface area (Å²) in [7, 11) is -4.50. The van der Waals surface area contributed by atoms with Gasteiger partial charge in [-0.15, -0.1) is 0 Å². The maximum atomic E-state index is 5.40. The second-order valence-electron chi connectivity index (χ2n) is 4.32. The Bertz CT molecular complexity index is 185. The summed E-state index contributed by atoms with van der Waals surface area (Å²) in [5, 5.41) is 0. The van der Waals surface area contributed by atoms with Crippen LogP contribution in [0.1, 0.15) is 41.5 Å². The van der Waals surface area contributed by atoms with E-state index in [2.05, 4.69) is 0 Å². The van der Waals surface area contributed by atoms with Crippen molar-refractivity contribution in [3.63, 3.8) is 0 Å². The molecule has 136 valence electrons. The van der Waals surface area contributed by atoms with Crippen molar-refractivity contribution in [1.29, 1.82) is 0 Å². The van der Waals surface area contributed by atoms with Crippen LogP contribution < -0.4 is 0 Å². The molecule has 0 N–H and O–H groups in total. The third-order valence-electron chi connectivity index (χ3n) is 2.44. The van der Waals surface area contributed by atoms with Gasteiger partial charge in [0.1, 0.15) is 0 Å². The molecule has 0 saturated carbocycles. The maximum absolute atomic E-state index is 5.40. The van der Waals surface area contributed by atoms with Crippen molar-refractivity contribution >= 4 is 17.6 Å². The Labute approximate surface area is 139 Å². The summed E-state index contributed by atoms with van der Waals surface area (Å²) in [5.41, 5.74) is 0. The summed E-state index contributed by atoms with van der Waals surface area (Å²) in [6.07, 6.45) is 0. The first-order valence-electron chi connectivity index (χ1n) is 8.20. The van der Waals surface area contributed by atoms with E-state index in [4.69, 9.17) is 26.6 Å². The standard InChI is InChI=1S/2C7H18O3Si/c2*1-5-8-11(4,9-6-2)10-7-3/h2*5-7H2,1-4H3. The van der Waals surface area contributed by atoms with Gasteiger partial charge in [-0.3, -0.25) is 0 Å². The second-order valence-corrected chi connectivity index (χ2v) is 9.50. The average molecular weight is 357 g/mol. The Balaban J connectivity index is 0. The molecule has 6 nitrogen and oxygen atoms in total. The van der Waals surface area contributed by atoms with E-state index in [1.165, 1.54) is 0 Å². The Hall–Kier alpha value is 0.194. The summed E-state index contributed by atoms with van der Waals surface area (Å²) in [6.45, 7) is 19.5. The number of hydrogen-bond donors (Lipinski definition) is 0. The van der Waals surface area contributed by atoms with Gasteiger partial charge < -0.3 is 26.6 Å². The summed E-state index contributed by atoms with van der Waals surface area (Å²) in [4.78, 5) is 0. The van der Waals surface area contributed by atoms with E-state index in [0.29, 0.717) is 39.6 Å². The van der Waals surface area contributed by atoms with Crippen LogP contribution >= 0.6 is 0 Å². The molecule has 0 atom stereocenters. The van der Waals surface area contributed by atoms with Gasteiger partial charge in [0.15, 0.2) is 0 Å². The van der Waals surface area contributed by atoms with Gasteiger partial charge >= 0.3 is 17.6 Å². The molecule has 0 amide bonds. The number of rotatable bonds is 12. The molecular weight excluding hydrogens is 320 g/mol. The first-order chi connectivity index (χ1) is 10.4. The Morgan fingerprint density at radius 2 is 0.545 bits per heavy atom. The lowest BCUT2D eigenvalue weighted by Gasteiger charge is -2.23. The van der Waals surface area contributed by atoms with Crippen molar-refractivity contribution in [3.05, 3.63) is 0 Å². The van der Waals surface area contributed by atoms with Gasteiger partial charge in [-0.1, -0.05) is 0 Å². The SMILES string of the molecule is CCO[Si](C)(OCC)OCC.CCO[Si](C)(OCC)OCC. The zero-order valence-corrected chi connectivity index (χ0v) is 17.7. The van der Waals surface area contributed by atoms with E-state index in [9.17, 15) is 0 Å². The molecule has 0 rings (SSSR count). The molecule has 0 aliphatic carbocycles. The van der Waals surface area contributed by atoms with Gasteiger partial charge in [-0.05, 0) is 41.5 Å². The molecule has 0 aliphatic heterocycles. The molecule has 0 aromatic rings. The normalized spacial score (nSPS) is 12.0. The van der Waals surface area contributed by atoms with Gasteiger partial charge in [-0.2, -0.15) is 0 Å². The molecule has 8 heteroatoms. The molecule has 0 spiro atoms. The Kier molecular flexibility index (Phi) is 16.4. The highest BCUT2D eigenvalue weighted by Crippen LogP contribution is 2.08. The van der Waals surface area contributed by atoms with Gasteiger partial charge in [0, 0.05) is 52.7 Å². The van der Waals surface area contributed by atoms with Crippen LogP contribution in [0.25, 0.3) is 0 Å². The van der Waals surface area contributed by atoms with Crippen LogP contribution in [-0.2, 0) is 26.6 Å². The van der Waals surface area contributed by atoms with Crippen LogP contribution in [0.3, 0.4) is 0 Å². The van der Waals surface area contributed by atoms with E-state index in [1.807, 2.05) is 54.6 Å². The van der Waals surface area contributed by atoms with Gasteiger partial charge in [0.25, 0.3) is 0 Å². The second kappa shape index (κ2) is 14.8. The summed E-state index contributed by atoms with van der Waals surface area (Å²) in [5.74, 6) is 0. The van der Waals surface area contributed by atoms with Crippen molar-refractivity contribution in [1.82, 2.24) is 0 Å². The predicted octanol–water partition coefficient (Wildman–Crippen LogP) is 3.33. The van der Waals surface area contributed by atoms with Crippen molar-refractivity contribution in [2.45, 2.75) is 54.6 Å². The molecule has 0 aromatic carbocycles. The molecular formula is C14H36O6Si2. The van der Waals surface area contributed by atoms with Crippen LogP contribution in [0.2, 0.25) is 13.1 Å². The lowest BCUT2D eigenvalue weighted by Crippen LogP contribution is -2.42. The van der Waals surface area contributed by atoms with Crippen molar-refractivity contribution in [3.8, 4) is 0 Å². The molecule has 0 bridgehead atoms. The zero-order chi connectivity index (χ0) is 17.5. The van der Waals surface area contributed by atoms with Crippen molar-refractivity contribution < 1.29 is 26.6 Å². The van der Waals surface area contributed by atoms with Crippen LogP contribution in [0.4, 0.5) is 0 Å². The fourth-order valence-electron chi connectivity index (χ4n) is 1.82. The van der Waals surface area contributed by atoms with Gasteiger partial charge in [0.05, 0.1) is 0 Å². The largest absolute Gasteiger partial charge is 0.497 e. The van der Waals surface area contributed by atoms with Crippen LogP contribution in [0.5, 0.6) is 0 Å². The third-order valence-corrected chi connectivity index (χ3v) is 7.32. The molecule has 0 radical (unpaired) electrons. The minimum Gasteiger partial charge on any atom is -0.374 e. The highest BCUT2D eigenvalue weighted by molar-refractivity contribution is 6.59.